The zero-order chi connectivity index (χ0) is 16.9. The van der Waals surface area contributed by atoms with E-state index in [0.29, 0.717) is 13.1 Å². The molecule has 1 fully saturated rings. The summed E-state index contributed by atoms with van der Waals surface area (Å²) in [5.74, 6) is -1.27. The number of aliphatic hydroxyl groups excluding tert-OH is 1. The number of benzene rings is 1. The van der Waals surface area contributed by atoms with E-state index in [-0.39, 0.29) is 24.3 Å². The van der Waals surface area contributed by atoms with Crippen LogP contribution in [-0.4, -0.2) is 46.6 Å². The van der Waals surface area contributed by atoms with Crippen LogP contribution in [0.25, 0.3) is 0 Å². The Morgan fingerprint density at radius 1 is 1.25 bits per heavy atom. The fourth-order valence-corrected chi connectivity index (χ4v) is 3.07. The van der Waals surface area contributed by atoms with Crippen molar-refractivity contribution in [1.82, 2.24) is 15.2 Å². The Hall–Kier alpha value is -2.31. The Balaban J connectivity index is 1.65. The van der Waals surface area contributed by atoms with Crippen LogP contribution in [0.3, 0.4) is 0 Å². The summed E-state index contributed by atoms with van der Waals surface area (Å²) in [6, 6.07) is 12.4. The number of hydrogen-bond acceptors (Lipinski definition) is 4. The van der Waals surface area contributed by atoms with Crippen molar-refractivity contribution in [3.05, 3.63) is 65.7 Å². The molecule has 1 aliphatic rings. The minimum atomic E-state index is -0.644. The predicted octanol–water partition coefficient (Wildman–Crippen LogP) is 1.44. The largest absolute Gasteiger partial charge is 0.396 e. The van der Waals surface area contributed by atoms with Crippen LogP contribution < -0.4 is 5.32 Å². The minimum Gasteiger partial charge on any atom is -0.396 e. The molecule has 1 amide bonds. The number of amides is 1. The summed E-state index contributed by atoms with van der Waals surface area (Å²) in [7, 11) is 0. The van der Waals surface area contributed by atoms with Gasteiger partial charge in [-0.25, -0.2) is 9.37 Å². The summed E-state index contributed by atoms with van der Waals surface area (Å²) in [6.07, 6.45) is 1.39. The van der Waals surface area contributed by atoms with Gasteiger partial charge in [-0.3, -0.25) is 9.69 Å². The molecular weight excluding hydrogens is 309 g/mol. The zero-order valence-corrected chi connectivity index (χ0v) is 13.2. The Kier molecular flexibility index (Phi) is 5.17. The molecule has 2 heterocycles. The van der Waals surface area contributed by atoms with Gasteiger partial charge in [-0.15, -0.1) is 0 Å². The number of likely N-dealkylation sites (tertiary alicyclic amines) is 1. The Morgan fingerprint density at radius 3 is 2.75 bits per heavy atom. The van der Waals surface area contributed by atoms with E-state index in [2.05, 4.69) is 15.2 Å². The molecule has 2 N–H and O–H groups in total. The molecule has 2 atom stereocenters. The van der Waals surface area contributed by atoms with E-state index in [1.807, 2.05) is 30.3 Å². The first-order valence-corrected chi connectivity index (χ1v) is 7.96. The number of carbonyl (C=O) groups excluding carboxylic acids is 1. The quantitative estimate of drug-likeness (QED) is 0.871. The van der Waals surface area contributed by atoms with E-state index >= 15 is 0 Å². The third-order valence-corrected chi connectivity index (χ3v) is 4.29. The highest BCUT2D eigenvalue weighted by atomic mass is 19.1. The SMILES string of the molecule is O=C(N[C@@H]1CN(Cc2ccccc2)C[C@H]1CO)c1ncccc1F. The Bertz CT molecular complexity index is 696. The summed E-state index contributed by atoms with van der Waals surface area (Å²) in [5.41, 5.74) is 0.965. The Labute approximate surface area is 140 Å². The molecule has 2 aromatic rings. The van der Waals surface area contributed by atoms with Crippen molar-refractivity contribution in [2.24, 2.45) is 5.92 Å². The maximum absolute atomic E-state index is 13.7. The number of nitrogens with one attached hydrogen (secondary N) is 1. The van der Waals surface area contributed by atoms with Crippen molar-refractivity contribution in [3.8, 4) is 0 Å². The number of aliphatic hydroxyl groups is 1. The monoisotopic (exact) mass is 329 g/mol. The van der Waals surface area contributed by atoms with Crippen LogP contribution in [0.15, 0.2) is 48.7 Å². The van der Waals surface area contributed by atoms with E-state index in [9.17, 15) is 14.3 Å². The molecule has 0 bridgehead atoms. The highest BCUT2D eigenvalue weighted by Crippen LogP contribution is 2.19. The first-order chi connectivity index (χ1) is 11.7. The predicted molar refractivity (Wildman–Crippen MR) is 87.7 cm³/mol. The molecule has 0 spiro atoms. The highest BCUT2D eigenvalue weighted by molar-refractivity contribution is 5.92. The topological polar surface area (TPSA) is 65.5 Å². The lowest BCUT2D eigenvalue weighted by molar-refractivity contribution is 0.0911. The van der Waals surface area contributed by atoms with Crippen molar-refractivity contribution in [3.63, 3.8) is 0 Å². The lowest BCUT2D eigenvalue weighted by Gasteiger charge is -2.18. The summed E-state index contributed by atoms with van der Waals surface area (Å²) in [6.45, 7) is 2.02. The molecule has 1 saturated heterocycles. The standard InChI is InChI=1S/C18H20FN3O2/c19-15-7-4-8-20-17(15)18(24)21-16-11-22(10-14(16)12-23)9-13-5-2-1-3-6-13/h1-8,14,16,23H,9-12H2,(H,21,24)/t14-,16+/m0/s1. The average molecular weight is 329 g/mol. The van der Waals surface area contributed by atoms with E-state index in [1.165, 1.54) is 23.9 Å². The maximum Gasteiger partial charge on any atom is 0.273 e. The van der Waals surface area contributed by atoms with Crippen LogP contribution in [0.2, 0.25) is 0 Å². The van der Waals surface area contributed by atoms with Gasteiger partial charge in [-0.05, 0) is 17.7 Å². The van der Waals surface area contributed by atoms with E-state index in [0.717, 1.165) is 6.54 Å². The molecule has 1 aliphatic heterocycles. The van der Waals surface area contributed by atoms with Gasteiger partial charge in [0.2, 0.25) is 0 Å². The molecule has 1 aromatic heterocycles. The van der Waals surface area contributed by atoms with Gasteiger partial charge >= 0.3 is 0 Å². The molecule has 6 heteroatoms. The number of hydrogen-bond donors (Lipinski definition) is 2. The molecule has 0 radical (unpaired) electrons. The van der Waals surface area contributed by atoms with Crippen LogP contribution in [0.4, 0.5) is 4.39 Å². The van der Waals surface area contributed by atoms with Crippen molar-refractivity contribution in [2.45, 2.75) is 12.6 Å². The Morgan fingerprint density at radius 2 is 2.04 bits per heavy atom. The van der Waals surface area contributed by atoms with Crippen LogP contribution in [0.5, 0.6) is 0 Å². The third kappa shape index (κ3) is 3.77. The second-order valence-corrected chi connectivity index (χ2v) is 6.04. The second-order valence-electron chi connectivity index (χ2n) is 6.04. The second kappa shape index (κ2) is 7.51. The van der Waals surface area contributed by atoms with E-state index in [4.69, 9.17) is 0 Å². The van der Waals surface area contributed by atoms with Gasteiger partial charge in [0.05, 0.1) is 0 Å². The highest BCUT2D eigenvalue weighted by Gasteiger charge is 2.34. The zero-order valence-electron chi connectivity index (χ0n) is 13.2. The van der Waals surface area contributed by atoms with Crippen LogP contribution in [0.1, 0.15) is 16.1 Å². The van der Waals surface area contributed by atoms with Crippen molar-refractivity contribution in [2.75, 3.05) is 19.7 Å². The van der Waals surface area contributed by atoms with E-state index < -0.39 is 11.7 Å². The number of aromatic nitrogens is 1. The van der Waals surface area contributed by atoms with Crippen LogP contribution in [0, 0.1) is 11.7 Å². The number of pyridine rings is 1. The molecule has 3 rings (SSSR count). The molecule has 0 aliphatic carbocycles. The molecule has 126 valence electrons. The lowest BCUT2D eigenvalue weighted by Crippen LogP contribution is -2.42. The van der Waals surface area contributed by atoms with Gasteiger partial charge in [-0.1, -0.05) is 30.3 Å². The van der Waals surface area contributed by atoms with Crippen molar-refractivity contribution in [1.29, 1.82) is 0 Å². The first kappa shape index (κ1) is 16.5. The molecular formula is C18H20FN3O2. The fourth-order valence-electron chi connectivity index (χ4n) is 3.07. The van der Waals surface area contributed by atoms with Gasteiger partial charge in [0, 0.05) is 44.4 Å². The summed E-state index contributed by atoms with van der Waals surface area (Å²) >= 11 is 0. The number of halogens is 1. The van der Waals surface area contributed by atoms with Gasteiger partial charge in [0.15, 0.2) is 11.5 Å². The van der Waals surface area contributed by atoms with Gasteiger partial charge in [0.1, 0.15) is 0 Å². The smallest absolute Gasteiger partial charge is 0.273 e. The fraction of sp³-hybridized carbons (Fsp3) is 0.333. The molecule has 5 nitrogen and oxygen atoms in total. The average Bonchev–Trinajstić information content (AvgIpc) is 2.97. The number of nitrogens with zero attached hydrogens (tertiary/aromatic N) is 2. The normalized spacial score (nSPS) is 20.9. The van der Waals surface area contributed by atoms with Gasteiger partial charge in [0.25, 0.3) is 5.91 Å². The van der Waals surface area contributed by atoms with Gasteiger partial charge < -0.3 is 10.4 Å². The molecule has 1 aromatic carbocycles. The number of rotatable bonds is 5. The minimum absolute atomic E-state index is 0.0268. The lowest BCUT2D eigenvalue weighted by atomic mass is 10.1. The maximum atomic E-state index is 13.7. The van der Waals surface area contributed by atoms with Crippen LogP contribution >= 0.6 is 0 Å². The molecule has 0 saturated carbocycles. The van der Waals surface area contributed by atoms with Crippen molar-refractivity contribution >= 4 is 5.91 Å². The molecule has 0 unspecified atom stereocenters. The third-order valence-electron chi connectivity index (χ3n) is 4.29. The number of carbonyl (C=O) groups is 1. The molecule has 24 heavy (non-hydrogen) atoms. The van der Waals surface area contributed by atoms with Crippen LogP contribution in [-0.2, 0) is 6.54 Å². The van der Waals surface area contributed by atoms with E-state index in [1.54, 1.807) is 0 Å². The summed E-state index contributed by atoms with van der Waals surface area (Å²) in [4.78, 5) is 18.2. The van der Waals surface area contributed by atoms with Crippen molar-refractivity contribution < 1.29 is 14.3 Å². The summed E-state index contributed by atoms with van der Waals surface area (Å²) < 4.78 is 13.7. The summed E-state index contributed by atoms with van der Waals surface area (Å²) in [5, 5.41) is 12.4. The van der Waals surface area contributed by atoms with Gasteiger partial charge in [-0.2, -0.15) is 0 Å². The first-order valence-electron chi connectivity index (χ1n) is 7.96.